The van der Waals surface area contributed by atoms with Crippen LogP contribution in [0, 0.1) is 59.1 Å². The lowest BCUT2D eigenvalue weighted by molar-refractivity contribution is -0.216. The molecule has 0 bridgehead atoms. The molecule has 1 aromatic heterocycles. The Kier molecular flexibility index (Phi) is 10.5. The number of hydrogen-bond donors (Lipinski definition) is 5. The number of rotatable bonds is 11. The Labute approximate surface area is 319 Å². The van der Waals surface area contributed by atoms with Crippen LogP contribution in [0.25, 0.3) is 10.9 Å². The topological polar surface area (TPSA) is 140 Å². The van der Waals surface area contributed by atoms with Gasteiger partial charge in [-0.25, -0.2) is 4.39 Å². The zero-order valence-electron chi connectivity index (χ0n) is 32.6. The van der Waals surface area contributed by atoms with Gasteiger partial charge in [0.25, 0.3) is 0 Å². The van der Waals surface area contributed by atoms with E-state index >= 15 is 4.39 Å². The number of carbonyl (C=O) groups excluding carboxylic acids is 1. The van der Waals surface area contributed by atoms with Gasteiger partial charge in [-0.2, -0.15) is 0 Å². The lowest BCUT2D eigenvalue weighted by Gasteiger charge is -2.64. The van der Waals surface area contributed by atoms with E-state index in [9.17, 15) is 30.0 Å². The second-order valence-corrected chi connectivity index (χ2v) is 18.2. The molecule has 0 aliphatic heterocycles. The average Bonchev–Trinajstić information content (AvgIpc) is 3.48. The van der Waals surface area contributed by atoms with Gasteiger partial charge in [0.2, 0.25) is 0 Å². The summed E-state index contributed by atoms with van der Waals surface area (Å²) in [7, 11) is 0. The van der Waals surface area contributed by atoms with Crippen molar-refractivity contribution < 1.29 is 34.4 Å². The lowest BCUT2D eigenvalue weighted by Crippen LogP contribution is -2.63. The first-order valence-electron chi connectivity index (χ1n) is 20.3. The molecular weight excluding hydrogens is 684 g/mol. The quantitative estimate of drug-likeness (QED) is 0.124. The summed E-state index contributed by atoms with van der Waals surface area (Å²) in [4.78, 5) is 28.5. The largest absolute Gasteiger partial charge is 0.481 e. The van der Waals surface area contributed by atoms with Crippen LogP contribution < -0.4 is 5.32 Å². The fraction of sp³-hybridized carbons (Fsp3) is 0.622. The Morgan fingerprint density at radius 3 is 2.54 bits per heavy atom. The summed E-state index contributed by atoms with van der Waals surface area (Å²) in [5.74, 6) is -0.240. The fourth-order valence-electron chi connectivity index (χ4n) is 12.4. The van der Waals surface area contributed by atoms with Crippen molar-refractivity contribution >= 4 is 28.3 Å². The zero-order valence-corrected chi connectivity index (χ0v) is 32.6. The van der Waals surface area contributed by atoms with Crippen molar-refractivity contribution in [3.8, 4) is 0 Å². The predicted molar refractivity (Wildman–Crippen MR) is 208 cm³/mol. The number of aromatic nitrogens is 1. The van der Waals surface area contributed by atoms with Gasteiger partial charge in [-0.3, -0.25) is 14.6 Å². The van der Waals surface area contributed by atoms with Crippen LogP contribution in [-0.2, 0) is 17.8 Å². The highest BCUT2D eigenvalue weighted by atomic mass is 19.1. The molecule has 11 atom stereocenters. The molecule has 8 nitrogen and oxygen atoms in total. The van der Waals surface area contributed by atoms with Crippen molar-refractivity contribution in [3.05, 3.63) is 70.7 Å². The minimum atomic E-state index is -0.920. The number of nitrogens with one attached hydrogen (secondary N) is 1. The molecule has 292 valence electrons. The van der Waals surface area contributed by atoms with E-state index in [0.717, 1.165) is 35.7 Å². The third-order valence-corrected chi connectivity index (χ3v) is 15.4. The molecule has 4 aliphatic rings. The van der Waals surface area contributed by atoms with Gasteiger partial charge in [0.05, 0.1) is 40.3 Å². The first kappa shape index (κ1) is 38.9. The molecule has 5 N–H and O–H groups in total. The maximum Gasteiger partial charge on any atom is 0.303 e. The highest BCUT2D eigenvalue weighted by molar-refractivity contribution is 6.08. The predicted octanol–water partition coefficient (Wildman–Crippen LogP) is 8.26. The number of carbonyl (C=O) groups is 2. The molecule has 1 heterocycles. The molecule has 4 aliphatic carbocycles. The van der Waals surface area contributed by atoms with E-state index in [1.54, 1.807) is 12.1 Å². The molecule has 0 saturated heterocycles. The Morgan fingerprint density at radius 1 is 1.06 bits per heavy atom. The number of aliphatic carboxylic acids is 1. The number of pyridine rings is 1. The number of aliphatic hydroxyl groups is 3. The molecule has 0 amide bonds. The fourth-order valence-corrected chi connectivity index (χ4v) is 12.4. The van der Waals surface area contributed by atoms with E-state index in [0.29, 0.717) is 67.5 Å². The van der Waals surface area contributed by atoms with E-state index in [4.69, 9.17) is 0 Å². The molecule has 0 radical (unpaired) electrons. The van der Waals surface area contributed by atoms with Crippen molar-refractivity contribution in [1.29, 1.82) is 0 Å². The number of aryl methyl sites for hydroxylation is 2. The first-order chi connectivity index (χ1) is 25.6. The number of para-hydroxylation sites is 1. The minimum absolute atomic E-state index is 0.0915. The molecule has 9 heteroatoms. The second kappa shape index (κ2) is 14.6. The summed E-state index contributed by atoms with van der Waals surface area (Å²) in [6, 6.07) is 12.9. The maximum absolute atomic E-state index is 15.6. The summed E-state index contributed by atoms with van der Waals surface area (Å²) in [5.41, 5.74) is 2.50. The van der Waals surface area contributed by atoms with Crippen LogP contribution in [-0.4, -0.2) is 55.0 Å². The Hall–Kier alpha value is -3.40. The van der Waals surface area contributed by atoms with Gasteiger partial charge in [0.15, 0.2) is 5.78 Å². The van der Waals surface area contributed by atoms with Crippen LogP contribution in [0.4, 0.5) is 10.1 Å². The van der Waals surface area contributed by atoms with Gasteiger partial charge in [-0.1, -0.05) is 51.1 Å². The number of halogens is 1. The minimum Gasteiger partial charge on any atom is -0.481 e. The summed E-state index contributed by atoms with van der Waals surface area (Å²) < 4.78 is 15.6. The molecule has 11 unspecified atom stereocenters. The summed E-state index contributed by atoms with van der Waals surface area (Å²) in [6.07, 6.45) is 5.97. The number of aliphatic hydroxyl groups excluding tert-OH is 2. The highest BCUT2D eigenvalue weighted by Gasteiger charge is 2.66. The van der Waals surface area contributed by atoms with Gasteiger partial charge in [-0.15, -0.1) is 0 Å². The number of carboxylic acids is 1. The molecule has 4 saturated carbocycles. The maximum atomic E-state index is 15.6. The highest BCUT2D eigenvalue weighted by Crippen LogP contribution is 2.69. The summed E-state index contributed by atoms with van der Waals surface area (Å²) in [5, 5.41) is 49.2. The standard InChI is InChI=1S/C45H59FN2O6/c1-25(10-15-39(52)53)32-13-14-33-41-34(22-38(51)44(32,33)5)43(4)18-19-45(54,23-30(43)21-37(41)50)17-16-28-11-12-29(35(46)20-28)24-47-42-31-8-6-7-9-36(31)48-26(2)40(42)27(3)49/h6-9,11-12,20,25,30,32-34,37-38,41,50-51,54H,10,13-19,21-24H2,1-5H3,(H,47,48)(H,52,53). The van der Waals surface area contributed by atoms with Crippen molar-refractivity contribution in [2.45, 2.75) is 130 Å². The summed E-state index contributed by atoms with van der Waals surface area (Å²) >= 11 is 0. The molecule has 0 spiro atoms. The third-order valence-electron chi connectivity index (χ3n) is 15.4. The van der Waals surface area contributed by atoms with Gasteiger partial charge < -0.3 is 25.7 Å². The van der Waals surface area contributed by atoms with E-state index in [1.165, 1.54) is 6.92 Å². The molecule has 3 aromatic rings. The lowest BCUT2D eigenvalue weighted by atomic mass is 9.42. The third kappa shape index (κ3) is 6.76. The summed E-state index contributed by atoms with van der Waals surface area (Å²) in [6.45, 7) is 10.2. The Morgan fingerprint density at radius 2 is 1.81 bits per heavy atom. The number of nitrogens with zero attached hydrogens (tertiary/aromatic N) is 1. The van der Waals surface area contributed by atoms with Gasteiger partial charge in [-0.05, 0) is 142 Å². The number of fused-ring (bicyclic) bond motifs is 6. The van der Waals surface area contributed by atoms with Crippen LogP contribution in [0.5, 0.6) is 0 Å². The van der Waals surface area contributed by atoms with Crippen LogP contribution >= 0.6 is 0 Å². The van der Waals surface area contributed by atoms with Crippen molar-refractivity contribution in [2.24, 2.45) is 46.3 Å². The van der Waals surface area contributed by atoms with Crippen LogP contribution in [0.15, 0.2) is 42.5 Å². The second-order valence-electron chi connectivity index (χ2n) is 18.2. The van der Waals surface area contributed by atoms with Gasteiger partial charge >= 0.3 is 5.97 Å². The SMILES string of the molecule is CC(=O)c1c(C)nc2ccccc2c1NCc1ccc(CCC2(O)CCC3(C)C(CC(O)C4C3CC(O)C3(C)C(C(C)CCC(=O)O)CCC43)C2)cc1F. The molecule has 7 rings (SSSR count). The van der Waals surface area contributed by atoms with Crippen LogP contribution in [0.3, 0.4) is 0 Å². The van der Waals surface area contributed by atoms with Gasteiger partial charge in [0, 0.05) is 23.9 Å². The normalized spacial score (nSPS) is 35.2. The van der Waals surface area contributed by atoms with Gasteiger partial charge in [0.1, 0.15) is 5.82 Å². The molecule has 54 heavy (non-hydrogen) atoms. The Balaban J connectivity index is 1.00. The van der Waals surface area contributed by atoms with Crippen LogP contribution in [0.2, 0.25) is 0 Å². The molecular formula is C45H59FN2O6. The average molecular weight is 743 g/mol. The molecule has 2 aromatic carbocycles. The number of hydrogen-bond acceptors (Lipinski definition) is 7. The number of Topliss-reactive ketones (excluding diaryl/α,β-unsaturated/α-hetero) is 1. The first-order valence-corrected chi connectivity index (χ1v) is 20.3. The van der Waals surface area contributed by atoms with E-state index in [1.807, 2.05) is 37.3 Å². The van der Waals surface area contributed by atoms with Crippen molar-refractivity contribution in [2.75, 3.05) is 5.32 Å². The number of anilines is 1. The number of benzene rings is 2. The van der Waals surface area contributed by atoms with Crippen molar-refractivity contribution in [1.82, 2.24) is 4.98 Å². The zero-order chi connectivity index (χ0) is 38.7. The van der Waals surface area contributed by atoms with Crippen LogP contribution in [0.1, 0.15) is 119 Å². The molecule has 4 fully saturated rings. The Bertz CT molecular complexity index is 1920. The number of ketones is 1. The smallest absolute Gasteiger partial charge is 0.303 e. The van der Waals surface area contributed by atoms with E-state index < -0.39 is 23.8 Å². The van der Waals surface area contributed by atoms with E-state index in [-0.39, 0.29) is 70.9 Å². The number of carboxylic acid groups (broad SMARTS) is 1. The van der Waals surface area contributed by atoms with E-state index in [2.05, 4.69) is 31.1 Å². The monoisotopic (exact) mass is 742 g/mol. The van der Waals surface area contributed by atoms with Crippen molar-refractivity contribution in [3.63, 3.8) is 0 Å².